The summed E-state index contributed by atoms with van der Waals surface area (Å²) in [4.78, 5) is 29.3. The number of rotatable bonds is 2. The molecule has 2 aromatic rings. The fourth-order valence-corrected chi connectivity index (χ4v) is 2.65. The molecule has 90 valence electrons. The fourth-order valence-electron chi connectivity index (χ4n) is 1.85. The number of fused-ring (bicyclic) bond motifs is 1. The van der Waals surface area contributed by atoms with E-state index in [0.29, 0.717) is 10.9 Å². The van der Waals surface area contributed by atoms with Gasteiger partial charge in [-0.05, 0) is 12.1 Å². The lowest BCUT2D eigenvalue weighted by molar-refractivity contribution is 0.0698. The molecule has 0 saturated carbocycles. The van der Waals surface area contributed by atoms with Gasteiger partial charge in [0.1, 0.15) is 5.44 Å². The van der Waals surface area contributed by atoms with Gasteiger partial charge >= 0.3 is 13.6 Å². The fraction of sp³-hybridized carbons (Fsp3) is 0.100. The van der Waals surface area contributed by atoms with Crippen LogP contribution in [0.5, 0.6) is 0 Å². The van der Waals surface area contributed by atoms with Gasteiger partial charge in [0.2, 0.25) is 0 Å². The molecule has 7 heteroatoms. The van der Waals surface area contributed by atoms with Gasteiger partial charge in [0, 0.05) is 12.4 Å². The molecule has 0 radical (unpaired) electrons. The normalized spacial score (nSPS) is 11.9. The number of aromatic carboxylic acids is 1. The van der Waals surface area contributed by atoms with Crippen LogP contribution in [0.4, 0.5) is 0 Å². The van der Waals surface area contributed by atoms with Crippen molar-refractivity contribution < 1.29 is 24.3 Å². The Morgan fingerprint density at radius 1 is 1.35 bits per heavy atom. The average Bonchev–Trinajstić information content (AvgIpc) is 2.55. The standard InChI is InChI=1S/C10H10NO5P/c1-11-8(17(14,15)16)5-6-3-2-4-7(9(6)11)10(12)13/h2-5H,1H3,(H,12,13)(H2,14,15,16). The number of nitrogens with zero attached hydrogens (tertiary/aromatic N) is 1. The molecule has 0 aliphatic rings. The minimum Gasteiger partial charge on any atom is -0.478 e. The van der Waals surface area contributed by atoms with E-state index in [2.05, 4.69) is 0 Å². The van der Waals surface area contributed by atoms with Crippen LogP contribution in [0.1, 0.15) is 10.4 Å². The molecule has 1 aromatic heterocycles. The van der Waals surface area contributed by atoms with Crippen molar-refractivity contribution in [1.82, 2.24) is 4.57 Å². The number of carboxylic acids is 1. The lowest BCUT2D eigenvalue weighted by atomic mass is 10.1. The van der Waals surface area contributed by atoms with Gasteiger partial charge in [0.05, 0.1) is 11.1 Å². The molecule has 6 nitrogen and oxygen atoms in total. The van der Waals surface area contributed by atoms with E-state index in [0.717, 1.165) is 0 Å². The molecular formula is C10H10NO5P. The molecule has 0 unspecified atom stereocenters. The topological polar surface area (TPSA) is 99.8 Å². The van der Waals surface area contributed by atoms with Crippen LogP contribution in [0.15, 0.2) is 24.3 Å². The van der Waals surface area contributed by atoms with Gasteiger partial charge < -0.3 is 19.5 Å². The molecule has 1 aromatic carbocycles. The van der Waals surface area contributed by atoms with E-state index in [1.807, 2.05) is 0 Å². The van der Waals surface area contributed by atoms with Gasteiger partial charge in [-0.3, -0.25) is 4.57 Å². The van der Waals surface area contributed by atoms with E-state index >= 15 is 0 Å². The van der Waals surface area contributed by atoms with Gasteiger partial charge in [0.25, 0.3) is 0 Å². The Kier molecular flexibility index (Phi) is 2.58. The van der Waals surface area contributed by atoms with Crippen LogP contribution < -0.4 is 5.44 Å². The summed E-state index contributed by atoms with van der Waals surface area (Å²) < 4.78 is 12.5. The second-order valence-electron chi connectivity index (χ2n) is 3.65. The van der Waals surface area contributed by atoms with Crippen LogP contribution in [0.25, 0.3) is 10.9 Å². The zero-order valence-corrected chi connectivity index (χ0v) is 9.76. The molecule has 0 spiro atoms. The van der Waals surface area contributed by atoms with Crippen molar-refractivity contribution in [3.8, 4) is 0 Å². The molecule has 0 atom stereocenters. The number of hydrogen-bond acceptors (Lipinski definition) is 2. The molecule has 17 heavy (non-hydrogen) atoms. The molecule has 0 aliphatic carbocycles. The van der Waals surface area contributed by atoms with Crippen LogP contribution in [0, 0.1) is 0 Å². The molecule has 0 fully saturated rings. The van der Waals surface area contributed by atoms with E-state index in [1.165, 1.54) is 29.8 Å². The summed E-state index contributed by atoms with van der Waals surface area (Å²) in [5, 5.41) is 9.50. The van der Waals surface area contributed by atoms with Crippen molar-refractivity contribution in [1.29, 1.82) is 0 Å². The van der Waals surface area contributed by atoms with Gasteiger partial charge in [-0.1, -0.05) is 12.1 Å². The summed E-state index contributed by atoms with van der Waals surface area (Å²) in [5.41, 5.74) is 0.129. The summed E-state index contributed by atoms with van der Waals surface area (Å²) in [6, 6.07) is 5.85. The summed E-state index contributed by atoms with van der Waals surface area (Å²) in [6.45, 7) is 0. The maximum Gasteiger partial charge on any atom is 0.372 e. The molecule has 0 aliphatic heterocycles. The molecule has 0 amide bonds. The van der Waals surface area contributed by atoms with Gasteiger partial charge in [-0.25, -0.2) is 4.79 Å². The third kappa shape index (κ3) is 1.86. The predicted octanol–water partition coefficient (Wildman–Crippen LogP) is 0.679. The Bertz CT molecular complexity index is 654. The van der Waals surface area contributed by atoms with E-state index in [-0.39, 0.29) is 11.0 Å². The molecule has 2 rings (SSSR count). The Hall–Kier alpha value is -1.62. The van der Waals surface area contributed by atoms with Crippen molar-refractivity contribution in [3.05, 3.63) is 29.8 Å². The largest absolute Gasteiger partial charge is 0.478 e. The quantitative estimate of drug-likeness (QED) is 0.685. The minimum atomic E-state index is -4.41. The van der Waals surface area contributed by atoms with Crippen LogP contribution >= 0.6 is 7.60 Å². The first-order valence-corrected chi connectivity index (χ1v) is 6.31. The van der Waals surface area contributed by atoms with Crippen LogP contribution in [-0.4, -0.2) is 25.4 Å². The zero-order valence-electron chi connectivity index (χ0n) is 8.86. The smallest absolute Gasteiger partial charge is 0.372 e. The summed E-state index contributed by atoms with van der Waals surface area (Å²) in [5.74, 6) is -1.13. The van der Waals surface area contributed by atoms with Crippen molar-refractivity contribution in [3.63, 3.8) is 0 Å². The summed E-state index contributed by atoms with van der Waals surface area (Å²) in [6.07, 6.45) is 0. The average molecular weight is 255 g/mol. The van der Waals surface area contributed by atoms with Crippen LogP contribution in [0.3, 0.4) is 0 Å². The SMILES string of the molecule is Cn1c(P(=O)(O)O)cc2cccc(C(=O)O)c21. The molecular weight excluding hydrogens is 245 g/mol. The van der Waals surface area contributed by atoms with E-state index < -0.39 is 13.6 Å². The second-order valence-corrected chi connectivity index (χ2v) is 5.20. The monoisotopic (exact) mass is 255 g/mol. The number of hydrogen-bond donors (Lipinski definition) is 3. The maximum absolute atomic E-state index is 11.2. The molecule has 3 N–H and O–H groups in total. The van der Waals surface area contributed by atoms with Crippen molar-refractivity contribution in [2.24, 2.45) is 7.05 Å². The number of carboxylic acid groups (broad SMARTS) is 1. The van der Waals surface area contributed by atoms with Crippen LogP contribution in [-0.2, 0) is 11.6 Å². The summed E-state index contributed by atoms with van der Waals surface area (Å²) >= 11 is 0. The van der Waals surface area contributed by atoms with E-state index in [4.69, 9.17) is 14.9 Å². The molecule has 0 saturated heterocycles. The Morgan fingerprint density at radius 3 is 2.53 bits per heavy atom. The first kappa shape index (κ1) is 11.9. The highest BCUT2D eigenvalue weighted by atomic mass is 31.2. The van der Waals surface area contributed by atoms with Crippen molar-refractivity contribution >= 4 is 29.9 Å². The van der Waals surface area contributed by atoms with Gasteiger partial charge in [0.15, 0.2) is 0 Å². The first-order chi connectivity index (χ1) is 7.82. The molecule has 0 bridgehead atoms. The molecule has 1 heterocycles. The summed E-state index contributed by atoms with van der Waals surface area (Å²) in [7, 11) is -2.97. The number of carbonyl (C=O) groups is 1. The highest BCUT2D eigenvalue weighted by Crippen LogP contribution is 2.35. The van der Waals surface area contributed by atoms with Gasteiger partial charge in [-0.2, -0.15) is 0 Å². The third-order valence-corrected chi connectivity index (χ3v) is 3.59. The predicted molar refractivity (Wildman–Crippen MR) is 61.6 cm³/mol. The highest BCUT2D eigenvalue weighted by molar-refractivity contribution is 7.60. The third-order valence-electron chi connectivity index (χ3n) is 2.56. The Balaban J connectivity index is 2.89. The van der Waals surface area contributed by atoms with Gasteiger partial charge in [-0.15, -0.1) is 0 Å². The number of para-hydroxylation sites is 1. The number of benzene rings is 1. The highest BCUT2D eigenvalue weighted by Gasteiger charge is 2.24. The minimum absolute atomic E-state index is 0.0182. The number of aromatic nitrogens is 1. The lowest BCUT2D eigenvalue weighted by Crippen LogP contribution is -2.14. The maximum atomic E-state index is 11.2. The van der Waals surface area contributed by atoms with E-state index in [1.54, 1.807) is 6.07 Å². The second kappa shape index (κ2) is 3.70. The zero-order chi connectivity index (χ0) is 12.8. The first-order valence-electron chi connectivity index (χ1n) is 4.70. The Labute approximate surface area is 96.3 Å². The van der Waals surface area contributed by atoms with Crippen molar-refractivity contribution in [2.75, 3.05) is 0 Å². The van der Waals surface area contributed by atoms with Crippen molar-refractivity contribution in [2.45, 2.75) is 0 Å². The van der Waals surface area contributed by atoms with E-state index in [9.17, 15) is 9.36 Å². The lowest BCUT2D eigenvalue weighted by Gasteiger charge is -2.06. The Morgan fingerprint density at radius 2 is 2.00 bits per heavy atom. The van der Waals surface area contributed by atoms with Crippen LogP contribution in [0.2, 0.25) is 0 Å². The number of aryl methyl sites for hydroxylation is 1.